The van der Waals surface area contributed by atoms with Crippen LogP contribution in [-0.4, -0.2) is 37.2 Å². The highest BCUT2D eigenvalue weighted by Gasteiger charge is 2.23. The van der Waals surface area contributed by atoms with E-state index in [-0.39, 0.29) is 6.09 Å². The summed E-state index contributed by atoms with van der Waals surface area (Å²) in [5.41, 5.74) is 0. The van der Waals surface area contributed by atoms with Crippen LogP contribution < -0.4 is 10.1 Å². The number of ether oxygens (including phenoxy) is 1. The molecule has 0 aromatic heterocycles. The summed E-state index contributed by atoms with van der Waals surface area (Å²) in [5.74, 6) is 1.29. The fraction of sp³-hybridized carbons (Fsp3) is 0.533. The van der Waals surface area contributed by atoms with Crippen molar-refractivity contribution >= 4 is 6.09 Å². The van der Waals surface area contributed by atoms with E-state index in [1.165, 1.54) is 0 Å². The van der Waals surface area contributed by atoms with Gasteiger partial charge in [-0.2, -0.15) is 0 Å². The van der Waals surface area contributed by atoms with E-state index in [2.05, 4.69) is 12.2 Å². The molecular weight excluding hydrogens is 240 g/mol. The Morgan fingerprint density at radius 1 is 1.32 bits per heavy atom. The number of nitrogens with one attached hydrogen (secondary N) is 1. The second-order valence-electron chi connectivity index (χ2n) is 4.92. The van der Waals surface area contributed by atoms with Crippen molar-refractivity contribution < 1.29 is 9.53 Å². The highest BCUT2D eigenvalue weighted by atomic mass is 16.6. The molecule has 2 rings (SSSR count). The number of piperidine rings is 1. The lowest BCUT2D eigenvalue weighted by Crippen LogP contribution is -2.42. The standard InChI is InChI=1S/C15H22N2O2/c1-2-16-12-13-8-10-17(11-9-13)15(18)19-14-6-4-3-5-7-14/h3-7,13,16H,2,8-12H2,1H3. The number of hydrogen-bond acceptors (Lipinski definition) is 3. The van der Waals surface area contributed by atoms with Crippen LogP contribution in [-0.2, 0) is 0 Å². The van der Waals surface area contributed by atoms with E-state index < -0.39 is 0 Å². The Morgan fingerprint density at radius 2 is 2.00 bits per heavy atom. The molecule has 1 aromatic carbocycles. The molecule has 1 aliphatic heterocycles. The maximum atomic E-state index is 12.0. The molecule has 1 N–H and O–H groups in total. The summed E-state index contributed by atoms with van der Waals surface area (Å²) in [7, 11) is 0. The van der Waals surface area contributed by atoms with Crippen molar-refractivity contribution in [1.82, 2.24) is 10.2 Å². The highest BCUT2D eigenvalue weighted by molar-refractivity contribution is 5.70. The second-order valence-corrected chi connectivity index (χ2v) is 4.92. The van der Waals surface area contributed by atoms with Crippen molar-refractivity contribution in [3.8, 4) is 5.75 Å². The third kappa shape index (κ3) is 4.24. The quantitative estimate of drug-likeness (QED) is 0.906. The molecule has 0 spiro atoms. The first kappa shape index (κ1) is 13.9. The van der Waals surface area contributed by atoms with Crippen molar-refractivity contribution in [2.24, 2.45) is 5.92 Å². The Kier molecular flexibility index (Phi) is 5.21. The average molecular weight is 262 g/mol. The molecule has 19 heavy (non-hydrogen) atoms. The SMILES string of the molecule is CCNCC1CCN(C(=O)Oc2ccccc2)CC1. The van der Waals surface area contributed by atoms with Gasteiger partial charge in [-0.3, -0.25) is 0 Å². The molecule has 4 nitrogen and oxygen atoms in total. The lowest BCUT2D eigenvalue weighted by Gasteiger charge is -2.31. The second kappa shape index (κ2) is 7.14. The molecule has 1 saturated heterocycles. The molecule has 0 aliphatic carbocycles. The Morgan fingerprint density at radius 3 is 2.63 bits per heavy atom. The molecule has 1 fully saturated rings. The molecule has 1 amide bonds. The minimum Gasteiger partial charge on any atom is -0.410 e. The largest absolute Gasteiger partial charge is 0.415 e. The molecule has 1 aromatic rings. The zero-order valence-corrected chi connectivity index (χ0v) is 11.5. The Bertz CT molecular complexity index is 386. The van der Waals surface area contributed by atoms with E-state index in [4.69, 9.17) is 4.74 Å². The van der Waals surface area contributed by atoms with E-state index in [9.17, 15) is 4.79 Å². The predicted molar refractivity (Wildman–Crippen MR) is 75.3 cm³/mol. The summed E-state index contributed by atoms with van der Waals surface area (Å²) in [6.45, 7) is 5.77. The van der Waals surface area contributed by atoms with Gasteiger partial charge in [-0.25, -0.2) is 4.79 Å². The third-order valence-corrected chi connectivity index (χ3v) is 3.50. The lowest BCUT2D eigenvalue weighted by atomic mass is 9.97. The zero-order valence-electron chi connectivity index (χ0n) is 11.5. The van der Waals surface area contributed by atoms with Crippen LogP contribution >= 0.6 is 0 Å². The van der Waals surface area contributed by atoms with E-state index in [0.29, 0.717) is 11.7 Å². The monoisotopic (exact) mass is 262 g/mol. The van der Waals surface area contributed by atoms with Gasteiger partial charge in [-0.1, -0.05) is 25.1 Å². The van der Waals surface area contributed by atoms with Gasteiger partial charge in [0, 0.05) is 13.1 Å². The number of hydrogen-bond donors (Lipinski definition) is 1. The van der Waals surface area contributed by atoms with E-state index >= 15 is 0 Å². The number of nitrogens with zero attached hydrogens (tertiary/aromatic N) is 1. The minimum absolute atomic E-state index is 0.229. The first-order valence-corrected chi connectivity index (χ1v) is 7.02. The van der Waals surface area contributed by atoms with Crippen LogP contribution in [0.1, 0.15) is 19.8 Å². The Balaban J connectivity index is 1.76. The predicted octanol–water partition coefficient (Wildman–Crippen LogP) is 2.51. The molecule has 1 heterocycles. The van der Waals surface area contributed by atoms with Gasteiger partial charge in [0.25, 0.3) is 0 Å². The molecule has 0 radical (unpaired) electrons. The van der Waals surface area contributed by atoms with Crippen molar-refractivity contribution in [3.05, 3.63) is 30.3 Å². The van der Waals surface area contributed by atoms with E-state index in [0.717, 1.165) is 39.0 Å². The molecule has 0 unspecified atom stereocenters. The normalized spacial score (nSPS) is 16.4. The van der Waals surface area contributed by atoms with Gasteiger partial charge < -0.3 is 15.0 Å². The fourth-order valence-corrected chi connectivity index (χ4v) is 2.32. The molecular formula is C15H22N2O2. The van der Waals surface area contributed by atoms with E-state index in [1.54, 1.807) is 17.0 Å². The van der Waals surface area contributed by atoms with Crippen molar-refractivity contribution in [2.45, 2.75) is 19.8 Å². The van der Waals surface area contributed by atoms with Gasteiger partial charge in [0.2, 0.25) is 0 Å². The third-order valence-electron chi connectivity index (χ3n) is 3.50. The summed E-state index contributed by atoms with van der Waals surface area (Å²) >= 11 is 0. The van der Waals surface area contributed by atoms with Gasteiger partial charge in [0.15, 0.2) is 0 Å². The number of carbonyl (C=O) groups excluding carboxylic acids is 1. The Labute approximate surface area is 114 Å². The average Bonchev–Trinajstić information content (AvgIpc) is 2.46. The van der Waals surface area contributed by atoms with Crippen molar-refractivity contribution in [1.29, 1.82) is 0 Å². The van der Waals surface area contributed by atoms with E-state index in [1.807, 2.05) is 18.2 Å². The van der Waals surface area contributed by atoms with Gasteiger partial charge in [0.05, 0.1) is 0 Å². The lowest BCUT2D eigenvalue weighted by molar-refractivity contribution is 0.130. The molecule has 104 valence electrons. The van der Waals surface area contributed by atoms with Crippen LogP contribution in [0.3, 0.4) is 0 Å². The van der Waals surface area contributed by atoms with Crippen LogP contribution in [0.15, 0.2) is 30.3 Å². The van der Waals surface area contributed by atoms with Crippen molar-refractivity contribution in [2.75, 3.05) is 26.2 Å². The summed E-state index contributed by atoms with van der Waals surface area (Å²) in [5, 5.41) is 3.37. The number of rotatable bonds is 4. The Hall–Kier alpha value is -1.55. The molecule has 0 saturated carbocycles. The number of carbonyl (C=O) groups is 1. The van der Waals surface area contributed by atoms with Gasteiger partial charge in [-0.05, 0) is 44.0 Å². The van der Waals surface area contributed by atoms with Crippen LogP contribution in [0, 0.1) is 5.92 Å². The summed E-state index contributed by atoms with van der Waals surface area (Å²) in [4.78, 5) is 13.8. The van der Waals surface area contributed by atoms with Gasteiger partial charge in [0.1, 0.15) is 5.75 Å². The first-order chi connectivity index (χ1) is 9.29. The summed E-state index contributed by atoms with van der Waals surface area (Å²) in [6.07, 6.45) is 1.88. The van der Waals surface area contributed by atoms with Gasteiger partial charge >= 0.3 is 6.09 Å². The maximum Gasteiger partial charge on any atom is 0.415 e. The molecule has 0 bridgehead atoms. The van der Waals surface area contributed by atoms with Crippen molar-refractivity contribution in [3.63, 3.8) is 0 Å². The first-order valence-electron chi connectivity index (χ1n) is 7.02. The number of benzene rings is 1. The summed E-state index contributed by atoms with van der Waals surface area (Å²) in [6, 6.07) is 9.24. The number of para-hydroxylation sites is 1. The van der Waals surface area contributed by atoms with Gasteiger partial charge in [-0.15, -0.1) is 0 Å². The summed E-state index contributed by atoms with van der Waals surface area (Å²) < 4.78 is 5.34. The maximum absolute atomic E-state index is 12.0. The van der Waals surface area contributed by atoms with Crippen LogP contribution in [0.5, 0.6) is 5.75 Å². The minimum atomic E-state index is -0.229. The number of amides is 1. The fourth-order valence-electron chi connectivity index (χ4n) is 2.32. The van der Waals surface area contributed by atoms with Crippen LogP contribution in [0.4, 0.5) is 4.79 Å². The smallest absolute Gasteiger partial charge is 0.410 e. The highest BCUT2D eigenvalue weighted by Crippen LogP contribution is 2.18. The van der Waals surface area contributed by atoms with Crippen LogP contribution in [0.25, 0.3) is 0 Å². The molecule has 0 atom stereocenters. The number of likely N-dealkylation sites (tertiary alicyclic amines) is 1. The topological polar surface area (TPSA) is 41.6 Å². The molecule has 4 heteroatoms. The zero-order chi connectivity index (χ0) is 13.5. The van der Waals surface area contributed by atoms with Crippen LogP contribution in [0.2, 0.25) is 0 Å². The molecule has 1 aliphatic rings.